The maximum Gasteiger partial charge on any atom is 0.337 e. The first kappa shape index (κ1) is 19.5. The second-order valence-electron chi connectivity index (χ2n) is 6.80. The van der Waals surface area contributed by atoms with Crippen LogP contribution in [0.15, 0.2) is 48.5 Å². The van der Waals surface area contributed by atoms with Crippen LogP contribution >= 0.6 is 11.6 Å². The third-order valence-electron chi connectivity index (χ3n) is 4.64. The van der Waals surface area contributed by atoms with Crippen LogP contribution in [-0.2, 0) is 14.3 Å². The lowest BCUT2D eigenvalue weighted by molar-refractivity contribution is -0.159. The fourth-order valence-electron chi connectivity index (χ4n) is 3.50. The van der Waals surface area contributed by atoms with Crippen molar-refractivity contribution in [2.45, 2.75) is 38.6 Å². The summed E-state index contributed by atoms with van der Waals surface area (Å²) in [5, 5.41) is 0.639. The van der Waals surface area contributed by atoms with E-state index in [-0.39, 0.29) is 12.0 Å². The molecule has 2 aromatic rings. The molecule has 0 bridgehead atoms. The Kier molecular flexibility index (Phi) is 5.63. The first-order valence-corrected chi connectivity index (χ1v) is 9.28. The van der Waals surface area contributed by atoms with Crippen molar-refractivity contribution in [1.82, 2.24) is 0 Å². The van der Waals surface area contributed by atoms with Gasteiger partial charge >= 0.3 is 5.97 Å². The molecule has 27 heavy (non-hydrogen) atoms. The molecule has 1 fully saturated rings. The number of methoxy groups -OCH3 is 1. The maximum absolute atomic E-state index is 12.6. The summed E-state index contributed by atoms with van der Waals surface area (Å²) in [6.45, 7) is 5.98. The average molecular weight is 390 g/mol. The summed E-state index contributed by atoms with van der Waals surface area (Å²) in [7, 11) is 1.63. The molecule has 144 valence electrons. The van der Waals surface area contributed by atoms with E-state index in [1.54, 1.807) is 14.0 Å². The van der Waals surface area contributed by atoms with Gasteiger partial charge in [-0.1, -0.05) is 23.7 Å². The average Bonchev–Trinajstić information content (AvgIpc) is 2.94. The summed E-state index contributed by atoms with van der Waals surface area (Å²) in [5.74, 6) is 0.392. The van der Waals surface area contributed by atoms with Crippen molar-refractivity contribution in [2.75, 3.05) is 18.6 Å². The normalized spacial score (nSPS) is 21.1. The van der Waals surface area contributed by atoms with Crippen LogP contribution in [0.4, 0.5) is 5.69 Å². The van der Waals surface area contributed by atoms with Gasteiger partial charge in [0, 0.05) is 10.7 Å². The molecule has 0 N–H and O–H groups in total. The first-order valence-electron chi connectivity index (χ1n) is 8.90. The predicted molar refractivity (Wildman–Crippen MR) is 105 cm³/mol. The molecule has 0 radical (unpaired) electrons. The largest absolute Gasteiger partial charge is 0.497 e. The van der Waals surface area contributed by atoms with Gasteiger partial charge in [-0.05, 0) is 62.7 Å². The third kappa shape index (κ3) is 3.89. The van der Waals surface area contributed by atoms with Crippen LogP contribution in [-0.4, -0.2) is 31.5 Å². The van der Waals surface area contributed by atoms with Gasteiger partial charge in [-0.15, -0.1) is 0 Å². The van der Waals surface area contributed by atoms with Crippen molar-refractivity contribution in [1.29, 1.82) is 0 Å². The van der Waals surface area contributed by atoms with Gasteiger partial charge in [0.1, 0.15) is 11.5 Å². The highest BCUT2D eigenvalue weighted by molar-refractivity contribution is 6.30. The van der Waals surface area contributed by atoms with Gasteiger partial charge in [-0.25, -0.2) is 4.79 Å². The van der Waals surface area contributed by atoms with Crippen molar-refractivity contribution < 1.29 is 19.0 Å². The van der Waals surface area contributed by atoms with Crippen molar-refractivity contribution >= 4 is 23.3 Å². The molecule has 0 aliphatic carbocycles. The molecule has 2 atom stereocenters. The standard InChI is InChI=1S/C21H24ClNO4/c1-5-26-20(24)19-18(14-6-8-15(22)9-7-14)23(21(2,3)27-19)16-10-12-17(25-4)13-11-16/h6-13,18-19H,5H2,1-4H3. The summed E-state index contributed by atoms with van der Waals surface area (Å²) in [6, 6.07) is 14.8. The Morgan fingerprint density at radius 2 is 1.78 bits per heavy atom. The van der Waals surface area contributed by atoms with Crippen LogP contribution in [0.5, 0.6) is 5.75 Å². The molecule has 2 aromatic carbocycles. The highest BCUT2D eigenvalue weighted by Crippen LogP contribution is 2.45. The van der Waals surface area contributed by atoms with E-state index in [0.29, 0.717) is 11.6 Å². The van der Waals surface area contributed by atoms with Gasteiger partial charge in [0.25, 0.3) is 0 Å². The predicted octanol–water partition coefficient (Wildman–Crippen LogP) is 4.59. The second kappa shape index (κ2) is 7.79. The third-order valence-corrected chi connectivity index (χ3v) is 4.89. The van der Waals surface area contributed by atoms with Crippen LogP contribution in [0.3, 0.4) is 0 Å². The number of nitrogens with zero attached hydrogens (tertiary/aromatic N) is 1. The molecule has 3 rings (SSSR count). The fourth-order valence-corrected chi connectivity index (χ4v) is 3.63. The van der Waals surface area contributed by atoms with E-state index in [0.717, 1.165) is 17.0 Å². The highest BCUT2D eigenvalue weighted by Gasteiger charge is 2.51. The minimum atomic E-state index is -0.747. The zero-order chi connectivity index (χ0) is 19.6. The van der Waals surface area contributed by atoms with E-state index in [1.807, 2.05) is 62.4 Å². The summed E-state index contributed by atoms with van der Waals surface area (Å²) in [4.78, 5) is 14.7. The van der Waals surface area contributed by atoms with E-state index in [9.17, 15) is 4.79 Å². The molecule has 0 aromatic heterocycles. The maximum atomic E-state index is 12.6. The van der Waals surface area contributed by atoms with Gasteiger partial charge in [-0.2, -0.15) is 0 Å². The lowest BCUT2D eigenvalue weighted by atomic mass is 9.99. The molecular weight excluding hydrogens is 366 g/mol. The molecule has 1 saturated heterocycles. The number of hydrogen-bond donors (Lipinski definition) is 0. The zero-order valence-electron chi connectivity index (χ0n) is 15.9. The zero-order valence-corrected chi connectivity index (χ0v) is 16.7. The Morgan fingerprint density at radius 1 is 1.15 bits per heavy atom. The molecule has 5 nitrogen and oxygen atoms in total. The van der Waals surface area contributed by atoms with Gasteiger partial charge in [0.15, 0.2) is 6.10 Å². The number of anilines is 1. The van der Waals surface area contributed by atoms with E-state index >= 15 is 0 Å². The molecular formula is C21H24ClNO4. The van der Waals surface area contributed by atoms with Gasteiger partial charge in [-0.3, -0.25) is 0 Å². The van der Waals surface area contributed by atoms with Crippen LogP contribution < -0.4 is 9.64 Å². The smallest absolute Gasteiger partial charge is 0.337 e. The molecule has 0 amide bonds. The molecule has 2 unspecified atom stereocenters. The fraction of sp³-hybridized carbons (Fsp3) is 0.381. The number of hydrogen-bond acceptors (Lipinski definition) is 5. The number of ether oxygens (including phenoxy) is 3. The summed E-state index contributed by atoms with van der Waals surface area (Å²) in [6.07, 6.45) is -0.747. The topological polar surface area (TPSA) is 48.0 Å². The van der Waals surface area contributed by atoms with Gasteiger partial charge in [0.2, 0.25) is 0 Å². The Bertz CT molecular complexity index is 789. The molecule has 1 aliphatic heterocycles. The SMILES string of the molecule is CCOC(=O)C1OC(C)(C)N(c2ccc(OC)cc2)C1c1ccc(Cl)cc1. The highest BCUT2D eigenvalue weighted by atomic mass is 35.5. The molecule has 0 spiro atoms. The van der Waals surface area contributed by atoms with Crippen molar-refractivity contribution in [2.24, 2.45) is 0 Å². The Balaban J connectivity index is 2.08. The molecule has 0 saturated carbocycles. The summed E-state index contributed by atoms with van der Waals surface area (Å²) in [5.41, 5.74) is 1.14. The number of halogens is 1. The number of rotatable bonds is 5. The van der Waals surface area contributed by atoms with Crippen LogP contribution in [0, 0.1) is 0 Å². The van der Waals surface area contributed by atoms with E-state index in [2.05, 4.69) is 4.90 Å². The number of benzene rings is 2. The number of esters is 1. The van der Waals surface area contributed by atoms with E-state index in [1.165, 1.54) is 0 Å². The van der Waals surface area contributed by atoms with Crippen LogP contribution in [0.1, 0.15) is 32.4 Å². The second-order valence-corrected chi connectivity index (χ2v) is 7.24. The lowest BCUT2D eigenvalue weighted by Crippen LogP contribution is -2.40. The molecule has 6 heteroatoms. The van der Waals surface area contributed by atoms with Crippen molar-refractivity contribution in [3.05, 3.63) is 59.1 Å². The van der Waals surface area contributed by atoms with Crippen LogP contribution in [0.25, 0.3) is 0 Å². The molecule has 1 aliphatic rings. The number of carbonyl (C=O) groups is 1. The minimum absolute atomic E-state index is 0.301. The Morgan fingerprint density at radius 3 is 2.33 bits per heavy atom. The van der Waals surface area contributed by atoms with Gasteiger partial charge < -0.3 is 19.1 Å². The van der Waals surface area contributed by atoms with Crippen molar-refractivity contribution in [3.8, 4) is 5.75 Å². The summed E-state index contributed by atoms with van der Waals surface area (Å²) >= 11 is 6.06. The van der Waals surface area contributed by atoms with E-state index < -0.39 is 11.8 Å². The van der Waals surface area contributed by atoms with Crippen LogP contribution in [0.2, 0.25) is 5.02 Å². The number of carbonyl (C=O) groups excluding carboxylic acids is 1. The summed E-state index contributed by atoms with van der Waals surface area (Å²) < 4.78 is 16.7. The first-order chi connectivity index (χ1) is 12.9. The Labute approximate surface area is 164 Å². The van der Waals surface area contributed by atoms with E-state index in [4.69, 9.17) is 25.8 Å². The minimum Gasteiger partial charge on any atom is -0.497 e. The molecule has 1 heterocycles. The van der Waals surface area contributed by atoms with Gasteiger partial charge in [0.05, 0.1) is 19.8 Å². The van der Waals surface area contributed by atoms with Crippen molar-refractivity contribution in [3.63, 3.8) is 0 Å². The quantitative estimate of drug-likeness (QED) is 0.700. The Hall–Kier alpha value is -2.24. The lowest BCUT2D eigenvalue weighted by Gasteiger charge is -2.36. The monoisotopic (exact) mass is 389 g/mol.